The van der Waals surface area contributed by atoms with E-state index in [-0.39, 0.29) is 0 Å². The fourth-order valence-electron chi connectivity index (χ4n) is 1.66. The average Bonchev–Trinajstić information content (AvgIpc) is 2.30. The molecule has 0 saturated carbocycles. The van der Waals surface area contributed by atoms with Crippen LogP contribution in [0.1, 0.15) is 18.4 Å². The molecule has 75 valence electrons. The van der Waals surface area contributed by atoms with E-state index in [9.17, 15) is 0 Å². The monoisotopic (exact) mass is 195 g/mol. The minimum Gasteiger partial charge on any atom is -0.0622 e. The third kappa shape index (κ3) is 2.27. The van der Waals surface area contributed by atoms with Crippen molar-refractivity contribution in [1.82, 2.24) is 0 Å². The van der Waals surface area contributed by atoms with Gasteiger partial charge in [-0.2, -0.15) is 0 Å². The van der Waals surface area contributed by atoms with Crippen molar-refractivity contribution in [2.75, 3.05) is 0 Å². The smallest absolute Gasteiger partial charge is 0.0181 e. The lowest BCUT2D eigenvalue weighted by Crippen LogP contribution is -1.87. The van der Waals surface area contributed by atoms with Gasteiger partial charge in [-0.05, 0) is 29.5 Å². The maximum Gasteiger partial charge on any atom is -0.0181 e. The lowest BCUT2D eigenvalue weighted by molar-refractivity contribution is 0.965. The lowest BCUT2D eigenvalue weighted by atomic mass is 9.98. The third-order valence-electron chi connectivity index (χ3n) is 2.56. The van der Waals surface area contributed by atoms with Gasteiger partial charge in [0.05, 0.1) is 0 Å². The van der Waals surface area contributed by atoms with E-state index in [1.165, 1.54) is 16.7 Å². The van der Waals surface area contributed by atoms with Crippen LogP contribution >= 0.6 is 0 Å². The van der Waals surface area contributed by atoms with E-state index in [1.807, 2.05) is 6.07 Å². The highest BCUT2D eigenvalue weighted by molar-refractivity contribution is 5.64. The average molecular weight is 195 g/mol. The van der Waals surface area contributed by atoms with Gasteiger partial charge in [-0.15, -0.1) is 0 Å². The van der Waals surface area contributed by atoms with Gasteiger partial charge in [0.2, 0.25) is 0 Å². The first-order valence-corrected chi connectivity index (χ1v) is 5.26. The molecule has 2 aromatic carbocycles. The lowest BCUT2D eigenvalue weighted by Gasteiger charge is -2.07. The molecule has 1 radical (unpaired) electrons. The van der Waals surface area contributed by atoms with Crippen molar-refractivity contribution in [3.8, 4) is 11.1 Å². The molecule has 0 aromatic heterocycles. The molecule has 0 bridgehead atoms. The van der Waals surface area contributed by atoms with Gasteiger partial charge in [0.1, 0.15) is 0 Å². The Balaban J connectivity index is 2.42. The van der Waals surface area contributed by atoms with Crippen LogP contribution in [0.3, 0.4) is 0 Å². The summed E-state index contributed by atoms with van der Waals surface area (Å²) in [5, 5.41) is 0. The molecular formula is C15H15. The summed E-state index contributed by atoms with van der Waals surface area (Å²) in [5.41, 5.74) is 3.82. The molecule has 0 aliphatic rings. The zero-order valence-corrected chi connectivity index (χ0v) is 8.98. The van der Waals surface area contributed by atoms with Crippen LogP contribution in [0, 0.1) is 6.92 Å². The quantitative estimate of drug-likeness (QED) is 0.670. The molecule has 0 aliphatic heterocycles. The Morgan fingerprint density at radius 1 is 0.867 bits per heavy atom. The molecule has 0 spiro atoms. The highest BCUT2D eigenvalue weighted by atomic mass is 14.1. The summed E-state index contributed by atoms with van der Waals surface area (Å²) in [6.07, 6.45) is 0. The number of hydrogen-bond acceptors (Lipinski definition) is 0. The van der Waals surface area contributed by atoms with Crippen LogP contribution < -0.4 is 0 Å². The van der Waals surface area contributed by atoms with E-state index >= 15 is 0 Å². The molecule has 0 heterocycles. The minimum absolute atomic E-state index is 0.341. The van der Waals surface area contributed by atoms with Crippen molar-refractivity contribution in [3.63, 3.8) is 0 Å². The van der Waals surface area contributed by atoms with E-state index in [0.717, 1.165) is 0 Å². The summed E-state index contributed by atoms with van der Waals surface area (Å²) >= 11 is 0. The predicted octanol–water partition coefficient (Wildman–Crippen LogP) is 4.29. The highest BCUT2D eigenvalue weighted by Gasteiger charge is 2.01. The summed E-state index contributed by atoms with van der Waals surface area (Å²) in [6, 6.07) is 19.0. The van der Waals surface area contributed by atoms with Crippen molar-refractivity contribution in [2.45, 2.75) is 12.8 Å². The van der Waals surface area contributed by atoms with Gasteiger partial charge in [0.25, 0.3) is 0 Å². The predicted molar refractivity (Wildman–Crippen MR) is 65.7 cm³/mol. The second kappa shape index (κ2) is 4.31. The SMILES string of the molecule is [CH2]C(C)c1cccc(-c2ccccc2)c1. The highest BCUT2D eigenvalue weighted by Crippen LogP contribution is 2.23. The number of benzene rings is 2. The van der Waals surface area contributed by atoms with Crippen LogP contribution in [0.2, 0.25) is 0 Å². The first kappa shape index (κ1) is 9.97. The first-order chi connectivity index (χ1) is 7.27. The van der Waals surface area contributed by atoms with Crippen molar-refractivity contribution in [3.05, 3.63) is 67.1 Å². The van der Waals surface area contributed by atoms with E-state index in [4.69, 9.17) is 0 Å². The van der Waals surface area contributed by atoms with Gasteiger partial charge in [-0.3, -0.25) is 0 Å². The van der Waals surface area contributed by atoms with Crippen LogP contribution in [0.25, 0.3) is 11.1 Å². The fraction of sp³-hybridized carbons (Fsp3) is 0.133. The molecule has 0 fully saturated rings. The van der Waals surface area contributed by atoms with E-state index in [1.54, 1.807) is 0 Å². The summed E-state index contributed by atoms with van der Waals surface area (Å²) in [6.45, 7) is 6.16. The van der Waals surface area contributed by atoms with Crippen LogP contribution in [0.4, 0.5) is 0 Å². The molecule has 0 heteroatoms. The van der Waals surface area contributed by atoms with Gasteiger partial charge >= 0.3 is 0 Å². The molecule has 0 N–H and O–H groups in total. The van der Waals surface area contributed by atoms with Crippen molar-refractivity contribution >= 4 is 0 Å². The largest absolute Gasteiger partial charge is 0.0622 e. The second-order valence-corrected chi connectivity index (χ2v) is 3.89. The maximum absolute atomic E-state index is 4.04. The molecule has 2 aromatic rings. The Bertz CT molecular complexity index is 427. The summed E-state index contributed by atoms with van der Waals surface area (Å²) in [4.78, 5) is 0. The molecule has 0 saturated heterocycles. The van der Waals surface area contributed by atoms with Crippen LogP contribution in [-0.2, 0) is 0 Å². The van der Waals surface area contributed by atoms with Crippen LogP contribution in [-0.4, -0.2) is 0 Å². The molecule has 0 aliphatic carbocycles. The minimum atomic E-state index is 0.341. The van der Waals surface area contributed by atoms with Gasteiger partial charge in [0, 0.05) is 0 Å². The van der Waals surface area contributed by atoms with Crippen molar-refractivity contribution < 1.29 is 0 Å². The van der Waals surface area contributed by atoms with Crippen LogP contribution in [0.15, 0.2) is 54.6 Å². The summed E-state index contributed by atoms with van der Waals surface area (Å²) in [5.74, 6) is 0.341. The van der Waals surface area contributed by atoms with Gasteiger partial charge in [-0.1, -0.05) is 61.5 Å². The molecule has 0 amide bonds. The summed E-state index contributed by atoms with van der Waals surface area (Å²) < 4.78 is 0. The zero-order chi connectivity index (χ0) is 10.7. The maximum atomic E-state index is 4.04. The van der Waals surface area contributed by atoms with E-state index < -0.39 is 0 Å². The van der Waals surface area contributed by atoms with E-state index in [2.05, 4.69) is 62.4 Å². The molecule has 1 unspecified atom stereocenters. The number of hydrogen-bond donors (Lipinski definition) is 0. The van der Waals surface area contributed by atoms with Gasteiger partial charge in [-0.25, -0.2) is 0 Å². The Labute approximate surface area is 91.6 Å². The zero-order valence-electron chi connectivity index (χ0n) is 8.98. The first-order valence-electron chi connectivity index (χ1n) is 5.26. The molecule has 0 nitrogen and oxygen atoms in total. The van der Waals surface area contributed by atoms with Gasteiger partial charge < -0.3 is 0 Å². The Morgan fingerprint density at radius 3 is 2.20 bits per heavy atom. The Morgan fingerprint density at radius 2 is 1.53 bits per heavy atom. The second-order valence-electron chi connectivity index (χ2n) is 3.89. The fourth-order valence-corrected chi connectivity index (χ4v) is 1.66. The molecule has 15 heavy (non-hydrogen) atoms. The van der Waals surface area contributed by atoms with Gasteiger partial charge in [0.15, 0.2) is 0 Å². The normalized spacial score (nSPS) is 10.6. The topological polar surface area (TPSA) is 0 Å². The Hall–Kier alpha value is -1.56. The standard InChI is InChI=1S/C15H15/c1-12(2)14-9-6-10-15(11-14)13-7-4-3-5-8-13/h3-12H,1H2,2H3. The van der Waals surface area contributed by atoms with Crippen LogP contribution in [0.5, 0.6) is 0 Å². The van der Waals surface area contributed by atoms with E-state index in [0.29, 0.717) is 5.92 Å². The van der Waals surface area contributed by atoms with Crippen molar-refractivity contribution in [1.29, 1.82) is 0 Å². The Kier molecular flexibility index (Phi) is 2.86. The van der Waals surface area contributed by atoms with Crippen molar-refractivity contribution in [2.24, 2.45) is 0 Å². The molecular weight excluding hydrogens is 180 g/mol. The molecule has 1 atom stereocenters. The number of rotatable bonds is 2. The summed E-state index contributed by atoms with van der Waals surface area (Å²) in [7, 11) is 0. The molecule has 2 rings (SSSR count). The third-order valence-corrected chi connectivity index (χ3v) is 2.56.